The predicted molar refractivity (Wildman–Crippen MR) is 76.9 cm³/mol. The number of aromatic nitrogens is 1. The van der Waals surface area contributed by atoms with Gasteiger partial charge in [0.15, 0.2) is 0 Å². The summed E-state index contributed by atoms with van der Waals surface area (Å²) in [5, 5.41) is 2.74. The van der Waals surface area contributed by atoms with Crippen LogP contribution in [0.5, 0.6) is 0 Å². The number of rotatable bonds is 1. The third kappa shape index (κ3) is 2.08. The highest BCUT2D eigenvalue weighted by molar-refractivity contribution is 6.34. The van der Waals surface area contributed by atoms with Crippen molar-refractivity contribution < 1.29 is 9.18 Å². The standard InChI is InChI=1S/C15H10ClFN2O/c1-8-5-12-14(18-7-8)10(15(20)19-12)6-9-3-2-4-11(16)13(9)17/h2-7H,1H3,(H,19,20)/b10-6+. The fourth-order valence-corrected chi connectivity index (χ4v) is 2.28. The Kier molecular flexibility index (Phi) is 3.03. The highest BCUT2D eigenvalue weighted by atomic mass is 35.5. The van der Waals surface area contributed by atoms with Crippen LogP contribution >= 0.6 is 11.6 Å². The summed E-state index contributed by atoms with van der Waals surface area (Å²) in [7, 11) is 0. The zero-order valence-electron chi connectivity index (χ0n) is 10.6. The van der Waals surface area contributed by atoms with Crippen LogP contribution in [0.1, 0.15) is 16.8 Å². The van der Waals surface area contributed by atoms with Crippen LogP contribution < -0.4 is 5.32 Å². The lowest BCUT2D eigenvalue weighted by atomic mass is 10.1. The molecule has 2 heterocycles. The molecule has 0 aliphatic carbocycles. The van der Waals surface area contributed by atoms with Crippen molar-refractivity contribution in [3.63, 3.8) is 0 Å². The molecule has 0 spiro atoms. The molecule has 0 saturated heterocycles. The molecule has 3 nitrogen and oxygen atoms in total. The van der Waals surface area contributed by atoms with Gasteiger partial charge < -0.3 is 5.32 Å². The van der Waals surface area contributed by atoms with Crippen LogP contribution in [0.25, 0.3) is 11.6 Å². The van der Waals surface area contributed by atoms with E-state index in [0.717, 1.165) is 5.56 Å². The van der Waals surface area contributed by atoms with Crippen molar-refractivity contribution >= 4 is 34.8 Å². The van der Waals surface area contributed by atoms with Crippen molar-refractivity contribution in [1.29, 1.82) is 0 Å². The van der Waals surface area contributed by atoms with Crippen molar-refractivity contribution in [2.75, 3.05) is 5.32 Å². The number of halogens is 2. The van der Waals surface area contributed by atoms with E-state index in [1.807, 2.05) is 13.0 Å². The third-order valence-corrected chi connectivity index (χ3v) is 3.35. The zero-order valence-corrected chi connectivity index (χ0v) is 11.3. The first-order chi connectivity index (χ1) is 9.56. The van der Waals surface area contributed by atoms with Gasteiger partial charge in [-0.1, -0.05) is 23.7 Å². The maximum atomic E-state index is 13.9. The fourth-order valence-electron chi connectivity index (χ4n) is 2.10. The zero-order chi connectivity index (χ0) is 14.3. The molecule has 100 valence electrons. The number of fused-ring (bicyclic) bond motifs is 1. The number of anilines is 1. The lowest BCUT2D eigenvalue weighted by molar-refractivity contribution is -0.110. The van der Waals surface area contributed by atoms with Crippen LogP contribution in [0.15, 0.2) is 30.5 Å². The van der Waals surface area contributed by atoms with Gasteiger partial charge in [-0.15, -0.1) is 0 Å². The quantitative estimate of drug-likeness (QED) is 0.814. The Morgan fingerprint density at radius 2 is 2.20 bits per heavy atom. The molecule has 1 aliphatic heterocycles. The summed E-state index contributed by atoms with van der Waals surface area (Å²) < 4.78 is 13.9. The molecule has 1 aromatic heterocycles. The number of carbonyl (C=O) groups is 1. The molecule has 0 fully saturated rings. The molecule has 20 heavy (non-hydrogen) atoms. The SMILES string of the molecule is Cc1cnc2c(c1)NC(=O)/C2=C/c1cccc(Cl)c1F. The number of hydrogen-bond donors (Lipinski definition) is 1. The molecule has 5 heteroatoms. The van der Waals surface area contributed by atoms with Gasteiger partial charge in [0.1, 0.15) is 5.82 Å². The van der Waals surface area contributed by atoms with Crippen LogP contribution in [0.2, 0.25) is 5.02 Å². The van der Waals surface area contributed by atoms with E-state index in [9.17, 15) is 9.18 Å². The van der Waals surface area contributed by atoms with Gasteiger partial charge in [-0.2, -0.15) is 0 Å². The number of benzene rings is 1. The highest BCUT2D eigenvalue weighted by Gasteiger charge is 2.26. The normalized spacial score (nSPS) is 15.3. The maximum Gasteiger partial charge on any atom is 0.258 e. The van der Waals surface area contributed by atoms with Gasteiger partial charge in [0.25, 0.3) is 5.91 Å². The summed E-state index contributed by atoms with van der Waals surface area (Å²) in [6.07, 6.45) is 3.13. The summed E-state index contributed by atoms with van der Waals surface area (Å²) in [5.74, 6) is -0.840. The van der Waals surface area contributed by atoms with E-state index >= 15 is 0 Å². The van der Waals surface area contributed by atoms with Crippen LogP contribution in [-0.4, -0.2) is 10.9 Å². The highest BCUT2D eigenvalue weighted by Crippen LogP contribution is 2.32. The molecule has 0 bridgehead atoms. The molecule has 1 amide bonds. The number of hydrogen-bond acceptors (Lipinski definition) is 2. The van der Waals surface area contributed by atoms with Gasteiger partial charge in [0, 0.05) is 11.8 Å². The first-order valence-electron chi connectivity index (χ1n) is 6.00. The lowest BCUT2D eigenvalue weighted by Gasteiger charge is -2.01. The molecule has 1 aliphatic rings. The molecular weight excluding hydrogens is 279 g/mol. The lowest BCUT2D eigenvalue weighted by Crippen LogP contribution is -2.03. The van der Waals surface area contributed by atoms with Crippen LogP contribution in [0.3, 0.4) is 0 Å². The Labute approximate surface area is 120 Å². The molecule has 0 radical (unpaired) electrons. The third-order valence-electron chi connectivity index (χ3n) is 3.05. The molecule has 3 rings (SSSR count). The molecule has 0 saturated carbocycles. The Hall–Kier alpha value is -2.20. The Bertz CT molecular complexity index is 756. The van der Waals surface area contributed by atoms with Crippen molar-refractivity contribution in [3.8, 4) is 0 Å². The van der Waals surface area contributed by atoms with Gasteiger partial charge in [-0.3, -0.25) is 9.78 Å². The second-order valence-electron chi connectivity index (χ2n) is 4.56. The Balaban J connectivity index is 2.14. The second-order valence-corrected chi connectivity index (χ2v) is 4.97. The van der Waals surface area contributed by atoms with Gasteiger partial charge in [0.05, 0.1) is 22.0 Å². The Morgan fingerprint density at radius 1 is 1.40 bits per heavy atom. The topological polar surface area (TPSA) is 42.0 Å². The van der Waals surface area contributed by atoms with E-state index in [4.69, 9.17) is 11.6 Å². The van der Waals surface area contributed by atoms with Crippen molar-refractivity contribution in [2.45, 2.75) is 6.92 Å². The summed E-state index contributed by atoms with van der Waals surface area (Å²) in [6.45, 7) is 1.89. The molecule has 2 aromatic rings. The van der Waals surface area contributed by atoms with E-state index in [1.54, 1.807) is 18.3 Å². The molecular formula is C15H10ClFN2O. The van der Waals surface area contributed by atoms with Crippen LogP contribution in [-0.2, 0) is 4.79 Å². The number of nitrogens with zero attached hydrogens (tertiary/aromatic N) is 1. The number of amides is 1. The minimum Gasteiger partial charge on any atom is -0.320 e. The van der Waals surface area contributed by atoms with Gasteiger partial charge in [-0.25, -0.2) is 4.39 Å². The van der Waals surface area contributed by atoms with Crippen molar-refractivity contribution in [3.05, 3.63) is 58.1 Å². The van der Waals surface area contributed by atoms with Crippen molar-refractivity contribution in [2.24, 2.45) is 0 Å². The minimum absolute atomic E-state index is 0.0230. The van der Waals surface area contributed by atoms with E-state index in [1.165, 1.54) is 12.1 Å². The van der Waals surface area contributed by atoms with Gasteiger partial charge >= 0.3 is 0 Å². The van der Waals surface area contributed by atoms with Gasteiger partial charge in [-0.05, 0) is 30.7 Å². The molecule has 0 atom stereocenters. The molecule has 1 N–H and O–H groups in total. The summed E-state index contributed by atoms with van der Waals surface area (Å²) in [5.41, 5.74) is 2.71. The van der Waals surface area contributed by atoms with Crippen molar-refractivity contribution in [1.82, 2.24) is 4.98 Å². The first kappa shape index (κ1) is 12.8. The largest absolute Gasteiger partial charge is 0.320 e. The average molecular weight is 289 g/mol. The Morgan fingerprint density at radius 3 is 3.00 bits per heavy atom. The smallest absolute Gasteiger partial charge is 0.258 e. The monoisotopic (exact) mass is 288 g/mol. The second kappa shape index (κ2) is 4.72. The number of carbonyl (C=O) groups excluding carboxylic acids is 1. The first-order valence-corrected chi connectivity index (χ1v) is 6.38. The summed E-state index contributed by atoms with van der Waals surface area (Å²) in [4.78, 5) is 16.2. The fraction of sp³-hybridized carbons (Fsp3) is 0.0667. The minimum atomic E-state index is -0.546. The number of pyridine rings is 1. The molecule has 1 aromatic carbocycles. The number of aryl methyl sites for hydroxylation is 1. The van der Waals surface area contributed by atoms with E-state index in [2.05, 4.69) is 10.3 Å². The summed E-state index contributed by atoms with van der Waals surface area (Å²) >= 11 is 5.74. The van der Waals surface area contributed by atoms with E-state index in [-0.39, 0.29) is 16.5 Å². The molecule has 0 unspecified atom stereocenters. The van der Waals surface area contributed by atoms with Crippen LogP contribution in [0.4, 0.5) is 10.1 Å². The summed E-state index contributed by atoms with van der Waals surface area (Å²) in [6, 6.07) is 6.49. The van der Waals surface area contributed by atoms with E-state index < -0.39 is 5.82 Å². The van der Waals surface area contributed by atoms with E-state index in [0.29, 0.717) is 17.0 Å². The van der Waals surface area contributed by atoms with Gasteiger partial charge in [0.2, 0.25) is 0 Å². The maximum absolute atomic E-state index is 13.9. The number of nitrogens with one attached hydrogen (secondary N) is 1. The predicted octanol–water partition coefficient (Wildman–Crippen LogP) is 3.68. The average Bonchev–Trinajstić information content (AvgIpc) is 2.70. The van der Waals surface area contributed by atoms with Crippen LogP contribution in [0, 0.1) is 12.7 Å².